The Balaban J connectivity index is 2.36. The first kappa shape index (κ1) is 13.2. The number of aromatic nitrogens is 1. The van der Waals surface area contributed by atoms with Gasteiger partial charge in [-0.3, -0.25) is 0 Å². The zero-order valence-electron chi connectivity index (χ0n) is 10.6. The molecule has 0 spiro atoms. The summed E-state index contributed by atoms with van der Waals surface area (Å²) in [5.74, 6) is -0.176. The minimum Gasteiger partial charge on any atom is -0.304 e. The van der Waals surface area contributed by atoms with Crippen LogP contribution in [0.3, 0.4) is 0 Å². The highest BCUT2D eigenvalue weighted by Crippen LogP contribution is 2.26. The van der Waals surface area contributed by atoms with Gasteiger partial charge >= 0.3 is 0 Å². The summed E-state index contributed by atoms with van der Waals surface area (Å²) in [4.78, 5) is 4.31. The van der Waals surface area contributed by atoms with Crippen LogP contribution >= 0.6 is 11.3 Å². The molecule has 2 rings (SSSR count). The summed E-state index contributed by atoms with van der Waals surface area (Å²) in [6.07, 6.45) is 2.77. The molecule has 1 N–H and O–H groups in total. The Morgan fingerprint density at radius 2 is 2.28 bits per heavy atom. The molecule has 1 aromatic carbocycles. The van der Waals surface area contributed by atoms with E-state index in [2.05, 4.69) is 17.2 Å². The molecular weight excluding hydrogens is 247 g/mol. The van der Waals surface area contributed by atoms with Crippen LogP contribution in [0.2, 0.25) is 0 Å². The maximum absolute atomic E-state index is 14.0. The number of benzene rings is 1. The van der Waals surface area contributed by atoms with Gasteiger partial charge in [-0.1, -0.05) is 24.6 Å². The third-order valence-corrected chi connectivity index (χ3v) is 3.60. The van der Waals surface area contributed by atoms with E-state index in [1.165, 1.54) is 6.07 Å². The predicted octanol–water partition coefficient (Wildman–Crippen LogP) is 3.68. The molecule has 0 amide bonds. The summed E-state index contributed by atoms with van der Waals surface area (Å²) in [5.41, 5.74) is 1.74. The second-order valence-electron chi connectivity index (χ2n) is 4.28. The van der Waals surface area contributed by atoms with Crippen LogP contribution in [0.25, 0.3) is 0 Å². The van der Waals surface area contributed by atoms with Gasteiger partial charge in [0.05, 0.1) is 6.04 Å². The van der Waals surface area contributed by atoms with E-state index in [-0.39, 0.29) is 11.9 Å². The first-order chi connectivity index (χ1) is 8.72. The highest BCUT2D eigenvalue weighted by Gasteiger charge is 2.19. The Labute approximate surface area is 111 Å². The van der Waals surface area contributed by atoms with E-state index in [0.29, 0.717) is 5.56 Å². The van der Waals surface area contributed by atoms with Crippen molar-refractivity contribution in [3.63, 3.8) is 0 Å². The Morgan fingerprint density at radius 1 is 1.44 bits per heavy atom. The van der Waals surface area contributed by atoms with Crippen molar-refractivity contribution in [2.45, 2.75) is 26.3 Å². The fraction of sp³-hybridized carbons (Fsp3) is 0.357. The highest BCUT2D eigenvalue weighted by molar-refractivity contribution is 7.09. The van der Waals surface area contributed by atoms with Gasteiger partial charge in [-0.25, -0.2) is 9.37 Å². The van der Waals surface area contributed by atoms with Gasteiger partial charge in [0.25, 0.3) is 0 Å². The molecular formula is C14H17FN2S. The van der Waals surface area contributed by atoms with E-state index in [1.807, 2.05) is 18.4 Å². The van der Waals surface area contributed by atoms with Gasteiger partial charge < -0.3 is 5.32 Å². The monoisotopic (exact) mass is 264 g/mol. The standard InChI is InChI=1S/C14H17FN2S/c1-3-6-16-13(14-17-7-8-18-14)11-9-10(2)4-5-12(11)15/h4-5,7-9,13,16H,3,6H2,1-2H3. The number of hydrogen-bond acceptors (Lipinski definition) is 3. The Kier molecular flexibility index (Phi) is 4.44. The smallest absolute Gasteiger partial charge is 0.128 e. The first-order valence-corrected chi connectivity index (χ1v) is 6.99. The zero-order valence-corrected chi connectivity index (χ0v) is 11.4. The van der Waals surface area contributed by atoms with Crippen molar-refractivity contribution in [1.82, 2.24) is 10.3 Å². The van der Waals surface area contributed by atoms with Crippen LogP contribution in [0.1, 0.15) is 35.5 Å². The molecule has 0 radical (unpaired) electrons. The molecule has 0 saturated heterocycles. The molecule has 18 heavy (non-hydrogen) atoms. The quantitative estimate of drug-likeness (QED) is 0.891. The van der Waals surface area contributed by atoms with Crippen LogP contribution in [0.4, 0.5) is 4.39 Å². The van der Waals surface area contributed by atoms with Gasteiger partial charge in [0.1, 0.15) is 10.8 Å². The molecule has 0 fully saturated rings. The Bertz CT molecular complexity index is 497. The van der Waals surface area contributed by atoms with E-state index in [1.54, 1.807) is 23.6 Å². The largest absolute Gasteiger partial charge is 0.304 e. The van der Waals surface area contributed by atoms with Gasteiger partial charge in [0.15, 0.2) is 0 Å². The van der Waals surface area contributed by atoms with Crippen LogP contribution < -0.4 is 5.32 Å². The van der Waals surface area contributed by atoms with E-state index >= 15 is 0 Å². The van der Waals surface area contributed by atoms with Gasteiger partial charge in [0, 0.05) is 17.1 Å². The summed E-state index contributed by atoms with van der Waals surface area (Å²) in [6.45, 7) is 4.91. The van der Waals surface area contributed by atoms with Gasteiger partial charge in [-0.05, 0) is 26.0 Å². The first-order valence-electron chi connectivity index (χ1n) is 6.11. The van der Waals surface area contributed by atoms with Crippen LogP contribution in [-0.2, 0) is 0 Å². The minimum absolute atomic E-state index is 0.148. The van der Waals surface area contributed by atoms with Crippen LogP contribution in [0.15, 0.2) is 29.8 Å². The normalized spacial score (nSPS) is 12.6. The summed E-state index contributed by atoms with van der Waals surface area (Å²) >= 11 is 1.55. The van der Waals surface area contributed by atoms with Crippen molar-refractivity contribution in [3.05, 3.63) is 51.7 Å². The number of hydrogen-bond donors (Lipinski definition) is 1. The van der Waals surface area contributed by atoms with Gasteiger partial charge in [-0.15, -0.1) is 11.3 Å². The topological polar surface area (TPSA) is 24.9 Å². The average molecular weight is 264 g/mol. The Morgan fingerprint density at radius 3 is 2.94 bits per heavy atom. The number of rotatable bonds is 5. The Hall–Kier alpha value is -1.26. The molecule has 1 unspecified atom stereocenters. The van der Waals surface area contributed by atoms with Crippen LogP contribution in [0, 0.1) is 12.7 Å². The average Bonchev–Trinajstić information content (AvgIpc) is 2.88. The molecule has 1 aromatic heterocycles. The number of halogens is 1. The van der Waals surface area contributed by atoms with Crippen molar-refractivity contribution >= 4 is 11.3 Å². The third-order valence-electron chi connectivity index (χ3n) is 2.76. The molecule has 1 heterocycles. The lowest BCUT2D eigenvalue weighted by Gasteiger charge is -2.17. The van der Waals surface area contributed by atoms with E-state index in [4.69, 9.17) is 0 Å². The van der Waals surface area contributed by atoms with Crippen molar-refractivity contribution < 1.29 is 4.39 Å². The lowest BCUT2D eigenvalue weighted by atomic mass is 10.0. The van der Waals surface area contributed by atoms with Crippen molar-refractivity contribution in [3.8, 4) is 0 Å². The van der Waals surface area contributed by atoms with Crippen LogP contribution in [0.5, 0.6) is 0 Å². The van der Waals surface area contributed by atoms with Crippen molar-refractivity contribution in [1.29, 1.82) is 0 Å². The summed E-state index contributed by atoms with van der Waals surface area (Å²) in [6, 6.07) is 5.06. The van der Waals surface area contributed by atoms with E-state index in [9.17, 15) is 4.39 Å². The third kappa shape index (κ3) is 2.94. The molecule has 0 aliphatic rings. The number of thiazole rings is 1. The lowest BCUT2D eigenvalue weighted by Crippen LogP contribution is -2.24. The van der Waals surface area contributed by atoms with E-state index in [0.717, 1.165) is 23.5 Å². The molecule has 4 heteroatoms. The summed E-state index contributed by atoms with van der Waals surface area (Å²) in [7, 11) is 0. The fourth-order valence-electron chi connectivity index (χ4n) is 1.88. The van der Waals surface area contributed by atoms with Gasteiger partial charge in [0.2, 0.25) is 0 Å². The second kappa shape index (κ2) is 6.07. The number of nitrogens with zero attached hydrogens (tertiary/aromatic N) is 1. The molecule has 0 saturated carbocycles. The second-order valence-corrected chi connectivity index (χ2v) is 5.21. The number of aryl methyl sites for hydroxylation is 1. The molecule has 0 aliphatic carbocycles. The molecule has 1 atom stereocenters. The summed E-state index contributed by atoms with van der Waals surface area (Å²) in [5, 5.41) is 6.19. The zero-order chi connectivity index (χ0) is 13.0. The minimum atomic E-state index is -0.176. The maximum Gasteiger partial charge on any atom is 0.128 e. The highest BCUT2D eigenvalue weighted by atomic mass is 32.1. The molecule has 2 nitrogen and oxygen atoms in total. The molecule has 96 valence electrons. The SMILES string of the molecule is CCCNC(c1nccs1)c1cc(C)ccc1F. The molecule has 0 bridgehead atoms. The summed E-state index contributed by atoms with van der Waals surface area (Å²) < 4.78 is 14.0. The van der Waals surface area contributed by atoms with E-state index < -0.39 is 0 Å². The lowest BCUT2D eigenvalue weighted by molar-refractivity contribution is 0.544. The fourth-order valence-corrected chi connectivity index (χ4v) is 2.61. The van der Waals surface area contributed by atoms with Crippen molar-refractivity contribution in [2.75, 3.05) is 6.54 Å². The van der Waals surface area contributed by atoms with Crippen LogP contribution in [-0.4, -0.2) is 11.5 Å². The number of nitrogens with one attached hydrogen (secondary N) is 1. The van der Waals surface area contributed by atoms with Crippen molar-refractivity contribution in [2.24, 2.45) is 0 Å². The molecule has 2 aromatic rings. The predicted molar refractivity (Wildman–Crippen MR) is 73.4 cm³/mol. The maximum atomic E-state index is 14.0. The molecule has 0 aliphatic heterocycles. The van der Waals surface area contributed by atoms with Gasteiger partial charge in [-0.2, -0.15) is 0 Å².